The highest BCUT2D eigenvalue weighted by atomic mass is 16.5. The predicted octanol–water partition coefficient (Wildman–Crippen LogP) is 3.69. The lowest BCUT2D eigenvalue weighted by molar-refractivity contribution is -0.123. The summed E-state index contributed by atoms with van der Waals surface area (Å²) in [5, 5.41) is 2.78. The predicted molar refractivity (Wildman–Crippen MR) is 128 cm³/mol. The number of likely N-dealkylation sites (N-methyl/N-ethyl adjacent to an activating group) is 1. The van der Waals surface area contributed by atoms with E-state index in [1.807, 2.05) is 30.3 Å². The van der Waals surface area contributed by atoms with E-state index in [0.717, 1.165) is 4.90 Å². The molecule has 1 aliphatic rings. The fraction of sp³-hybridized carbons (Fsp3) is 0.192. The van der Waals surface area contributed by atoms with Gasteiger partial charge in [0.25, 0.3) is 5.91 Å². The number of ether oxygens (including phenoxy) is 2. The third-order valence-corrected chi connectivity index (χ3v) is 5.48. The van der Waals surface area contributed by atoms with Crippen molar-refractivity contribution >= 4 is 29.1 Å². The minimum absolute atomic E-state index is 0.00401. The molecular formula is C26H25N3O5. The molecule has 1 N–H and O–H groups in total. The molecule has 3 aromatic rings. The van der Waals surface area contributed by atoms with E-state index < -0.39 is 6.04 Å². The fourth-order valence-electron chi connectivity index (χ4n) is 3.76. The highest BCUT2D eigenvalue weighted by Gasteiger charge is 2.42. The van der Waals surface area contributed by atoms with Crippen LogP contribution in [0.2, 0.25) is 0 Å². The Morgan fingerprint density at radius 2 is 1.65 bits per heavy atom. The molecule has 34 heavy (non-hydrogen) atoms. The first-order valence-electron chi connectivity index (χ1n) is 10.8. The van der Waals surface area contributed by atoms with Crippen LogP contribution < -0.4 is 19.7 Å². The molecule has 0 aromatic heterocycles. The zero-order valence-corrected chi connectivity index (χ0v) is 18.9. The SMILES string of the molecule is COc1cccc(NC(=O)CN(C)[C@H]2CC(=O)N(c3ccc(Oc4ccccc4)cc3)C2=O)c1. The summed E-state index contributed by atoms with van der Waals surface area (Å²) in [5.41, 5.74) is 1.05. The summed E-state index contributed by atoms with van der Waals surface area (Å²) in [6.45, 7) is -0.0431. The molecule has 1 fully saturated rings. The fourth-order valence-corrected chi connectivity index (χ4v) is 3.76. The van der Waals surface area contributed by atoms with E-state index in [2.05, 4.69) is 5.32 Å². The van der Waals surface area contributed by atoms with E-state index >= 15 is 0 Å². The van der Waals surface area contributed by atoms with Crippen LogP contribution in [0.1, 0.15) is 6.42 Å². The number of imide groups is 1. The van der Waals surface area contributed by atoms with Crippen LogP contribution in [0.5, 0.6) is 17.2 Å². The second-order valence-electron chi connectivity index (χ2n) is 7.89. The van der Waals surface area contributed by atoms with Gasteiger partial charge in [0.05, 0.1) is 31.8 Å². The second kappa shape index (κ2) is 10.2. The lowest BCUT2D eigenvalue weighted by atomic mass is 10.2. The van der Waals surface area contributed by atoms with Crippen molar-refractivity contribution in [3.63, 3.8) is 0 Å². The number of hydrogen-bond acceptors (Lipinski definition) is 6. The lowest BCUT2D eigenvalue weighted by Crippen LogP contribution is -2.43. The first-order valence-corrected chi connectivity index (χ1v) is 10.8. The number of nitrogens with zero attached hydrogens (tertiary/aromatic N) is 2. The monoisotopic (exact) mass is 459 g/mol. The second-order valence-corrected chi connectivity index (χ2v) is 7.89. The molecule has 0 saturated carbocycles. The lowest BCUT2D eigenvalue weighted by Gasteiger charge is -2.22. The van der Waals surface area contributed by atoms with Gasteiger partial charge in [-0.2, -0.15) is 0 Å². The maximum atomic E-state index is 13.0. The van der Waals surface area contributed by atoms with Gasteiger partial charge in [0.1, 0.15) is 17.2 Å². The van der Waals surface area contributed by atoms with Gasteiger partial charge in [0.15, 0.2) is 0 Å². The Hall–Kier alpha value is -4.17. The van der Waals surface area contributed by atoms with E-state index in [1.165, 1.54) is 0 Å². The molecule has 8 nitrogen and oxygen atoms in total. The maximum absolute atomic E-state index is 13.0. The van der Waals surface area contributed by atoms with Gasteiger partial charge in [-0.3, -0.25) is 19.3 Å². The van der Waals surface area contributed by atoms with Gasteiger partial charge in [-0.05, 0) is 55.6 Å². The van der Waals surface area contributed by atoms with Crippen LogP contribution in [0.15, 0.2) is 78.9 Å². The van der Waals surface area contributed by atoms with Crippen molar-refractivity contribution in [3.05, 3.63) is 78.9 Å². The summed E-state index contributed by atoms with van der Waals surface area (Å²) >= 11 is 0. The van der Waals surface area contributed by atoms with E-state index in [0.29, 0.717) is 28.6 Å². The number of benzene rings is 3. The van der Waals surface area contributed by atoms with Gasteiger partial charge in [-0.25, -0.2) is 4.90 Å². The number of anilines is 2. The van der Waals surface area contributed by atoms with Crippen molar-refractivity contribution in [1.29, 1.82) is 0 Å². The number of carbonyl (C=O) groups is 3. The van der Waals surface area contributed by atoms with Crippen molar-refractivity contribution < 1.29 is 23.9 Å². The molecule has 1 saturated heterocycles. The van der Waals surface area contributed by atoms with Gasteiger partial charge in [-0.1, -0.05) is 24.3 Å². The first-order chi connectivity index (χ1) is 16.4. The number of hydrogen-bond donors (Lipinski definition) is 1. The summed E-state index contributed by atoms with van der Waals surface area (Å²) in [6.07, 6.45) is 0.00401. The van der Waals surface area contributed by atoms with E-state index in [9.17, 15) is 14.4 Å². The molecule has 0 spiro atoms. The molecule has 3 aromatic carbocycles. The molecule has 0 aliphatic carbocycles. The molecular weight excluding hydrogens is 434 g/mol. The molecule has 0 unspecified atom stereocenters. The minimum Gasteiger partial charge on any atom is -0.497 e. The summed E-state index contributed by atoms with van der Waals surface area (Å²) in [7, 11) is 3.20. The van der Waals surface area contributed by atoms with Crippen molar-refractivity contribution in [2.75, 3.05) is 30.9 Å². The molecule has 1 atom stereocenters. The van der Waals surface area contributed by atoms with E-state index in [4.69, 9.17) is 9.47 Å². The smallest absolute Gasteiger partial charge is 0.251 e. The third kappa shape index (κ3) is 5.24. The number of para-hydroxylation sites is 1. The largest absolute Gasteiger partial charge is 0.497 e. The quantitative estimate of drug-likeness (QED) is 0.517. The highest BCUT2D eigenvalue weighted by molar-refractivity contribution is 6.22. The van der Waals surface area contributed by atoms with Crippen molar-refractivity contribution in [2.45, 2.75) is 12.5 Å². The van der Waals surface area contributed by atoms with Crippen LogP contribution in [-0.4, -0.2) is 49.4 Å². The van der Waals surface area contributed by atoms with Crippen LogP contribution in [0.25, 0.3) is 0 Å². The van der Waals surface area contributed by atoms with E-state index in [1.54, 1.807) is 67.6 Å². The normalized spacial score (nSPS) is 15.5. The average Bonchev–Trinajstić information content (AvgIpc) is 3.14. The Morgan fingerprint density at radius 3 is 2.35 bits per heavy atom. The number of amides is 3. The van der Waals surface area contributed by atoms with Gasteiger partial charge in [0, 0.05) is 11.8 Å². The molecule has 1 heterocycles. The summed E-state index contributed by atoms with van der Waals surface area (Å²) < 4.78 is 10.9. The summed E-state index contributed by atoms with van der Waals surface area (Å²) in [6, 6.07) is 22.4. The molecule has 174 valence electrons. The first kappa shape index (κ1) is 23.0. The number of nitrogens with one attached hydrogen (secondary N) is 1. The zero-order chi connectivity index (χ0) is 24.1. The molecule has 8 heteroatoms. The van der Waals surface area contributed by atoms with Crippen LogP contribution in [0, 0.1) is 0 Å². The topological polar surface area (TPSA) is 88.2 Å². The van der Waals surface area contributed by atoms with Gasteiger partial charge >= 0.3 is 0 Å². The molecule has 0 radical (unpaired) electrons. The van der Waals surface area contributed by atoms with Crippen molar-refractivity contribution in [2.24, 2.45) is 0 Å². The molecule has 1 aliphatic heterocycles. The summed E-state index contributed by atoms with van der Waals surface area (Å²) in [5.74, 6) is 0.940. The van der Waals surface area contributed by atoms with Crippen molar-refractivity contribution in [3.8, 4) is 17.2 Å². The number of methoxy groups -OCH3 is 1. The molecule has 4 rings (SSSR count). The highest BCUT2D eigenvalue weighted by Crippen LogP contribution is 2.29. The zero-order valence-electron chi connectivity index (χ0n) is 18.9. The Kier molecular flexibility index (Phi) is 6.89. The number of carbonyl (C=O) groups excluding carboxylic acids is 3. The Balaban J connectivity index is 1.38. The van der Waals surface area contributed by atoms with Gasteiger partial charge < -0.3 is 14.8 Å². The van der Waals surface area contributed by atoms with Crippen LogP contribution in [0.4, 0.5) is 11.4 Å². The Morgan fingerprint density at radius 1 is 0.971 bits per heavy atom. The Bertz CT molecular complexity index is 1180. The average molecular weight is 460 g/mol. The third-order valence-electron chi connectivity index (χ3n) is 5.48. The van der Waals surface area contributed by atoms with Gasteiger partial charge in [0.2, 0.25) is 11.8 Å². The van der Waals surface area contributed by atoms with Gasteiger partial charge in [-0.15, -0.1) is 0 Å². The standard InChI is InChI=1S/C26H25N3O5/c1-28(17-24(30)27-18-7-6-10-22(15-18)33-2)23-16-25(31)29(26(23)32)19-11-13-21(14-12-19)34-20-8-4-3-5-9-20/h3-15,23H,16-17H2,1-2H3,(H,27,30)/t23-/m0/s1. The maximum Gasteiger partial charge on any atom is 0.251 e. The van der Waals surface area contributed by atoms with E-state index in [-0.39, 0.29) is 30.7 Å². The summed E-state index contributed by atoms with van der Waals surface area (Å²) in [4.78, 5) is 40.9. The van der Waals surface area contributed by atoms with Crippen LogP contribution in [-0.2, 0) is 14.4 Å². The minimum atomic E-state index is -0.719. The van der Waals surface area contributed by atoms with Crippen LogP contribution >= 0.6 is 0 Å². The van der Waals surface area contributed by atoms with Crippen LogP contribution in [0.3, 0.4) is 0 Å². The van der Waals surface area contributed by atoms with Crippen molar-refractivity contribution in [1.82, 2.24) is 4.90 Å². The molecule has 3 amide bonds. The molecule has 0 bridgehead atoms. The Labute approximate surface area is 197 Å². The number of rotatable bonds is 8.